The summed E-state index contributed by atoms with van der Waals surface area (Å²) in [7, 11) is 0. The number of fused-ring (bicyclic) bond motifs is 1. The number of thiophene rings is 1. The largest absolute Gasteiger partial charge is 0.366 e. The first kappa shape index (κ1) is 14.4. The zero-order valence-corrected chi connectivity index (χ0v) is 14.1. The van der Waals surface area contributed by atoms with Crippen molar-refractivity contribution in [2.75, 3.05) is 18.0 Å². The molecule has 3 rings (SSSR count). The summed E-state index contributed by atoms with van der Waals surface area (Å²) in [6.07, 6.45) is 1.04. The summed E-state index contributed by atoms with van der Waals surface area (Å²) in [4.78, 5) is 3.72. The van der Waals surface area contributed by atoms with Crippen molar-refractivity contribution in [3.8, 4) is 0 Å². The Kier molecular flexibility index (Phi) is 4.36. The van der Waals surface area contributed by atoms with Gasteiger partial charge in [0, 0.05) is 27.5 Å². The summed E-state index contributed by atoms with van der Waals surface area (Å²) >= 11 is 11.3. The smallest absolute Gasteiger partial charge is 0.107 e. The van der Waals surface area contributed by atoms with E-state index in [0.717, 1.165) is 34.9 Å². The molecule has 1 aromatic carbocycles. The van der Waals surface area contributed by atoms with Gasteiger partial charge in [-0.25, -0.2) is 0 Å². The van der Waals surface area contributed by atoms with E-state index < -0.39 is 0 Å². The Hall–Kier alpha value is -0.550. The molecule has 0 bridgehead atoms. The third-order valence-electron chi connectivity index (χ3n) is 3.72. The fraction of sp³-hybridized carbons (Fsp3) is 0.333. The average molecular weight is 372 g/mol. The molecular weight excluding hydrogens is 356 g/mol. The highest BCUT2D eigenvalue weighted by molar-refractivity contribution is 9.10. The minimum absolute atomic E-state index is 0.551. The summed E-state index contributed by atoms with van der Waals surface area (Å²) in [5.41, 5.74) is 8.52. The van der Waals surface area contributed by atoms with Crippen molar-refractivity contribution in [3.05, 3.63) is 49.6 Å². The fourth-order valence-electron chi connectivity index (χ4n) is 2.84. The molecule has 1 unspecified atom stereocenters. The Morgan fingerprint density at radius 2 is 2.20 bits per heavy atom. The SMILES string of the molecule is NCCC1CN(Cc2cc(Br)c(Cl)s2)c2ccccc21. The van der Waals surface area contributed by atoms with Gasteiger partial charge in [-0.3, -0.25) is 0 Å². The molecule has 1 aromatic heterocycles. The molecule has 1 aliphatic rings. The van der Waals surface area contributed by atoms with Gasteiger partial charge in [0.2, 0.25) is 0 Å². The van der Waals surface area contributed by atoms with Crippen molar-refractivity contribution in [3.63, 3.8) is 0 Å². The minimum Gasteiger partial charge on any atom is -0.366 e. The topological polar surface area (TPSA) is 29.3 Å². The summed E-state index contributed by atoms with van der Waals surface area (Å²) in [6, 6.07) is 10.8. The quantitative estimate of drug-likeness (QED) is 0.850. The highest BCUT2D eigenvalue weighted by Crippen LogP contribution is 2.40. The van der Waals surface area contributed by atoms with Gasteiger partial charge < -0.3 is 10.6 Å². The van der Waals surface area contributed by atoms with Gasteiger partial charge in [-0.15, -0.1) is 11.3 Å². The van der Waals surface area contributed by atoms with Crippen LogP contribution in [0.5, 0.6) is 0 Å². The van der Waals surface area contributed by atoms with Crippen LogP contribution >= 0.6 is 38.9 Å². The molecule has 1 atom stereocenters. The Balaban J connectivity index is 1.84. The number of hydrogen-bond acceptors (Lipinski definition) is 3. The van der Waals surface area contributed by atoms with Crippen LogP contribution in [0.15, 0.2) is 34.8 Å². The number of rotatable bonds is 4. The predicted octanol–water partition coefficient (Wildman–Crippen LogP) is 4.62. The summed E-state index contributed by atoms with van der Waals surface area (Å²) in [5, 5.41) is 0. The van der Waals surface area contributed by atoms with E-state index in [1.807, 2.05) is 0 Å². The van der Waals surface area contributed by atoms with E-state index in [2.05, 4.69) is 51.2 Å². The number of benzene rings is 1. The maximum absolute atomic E-state index is 6.13. The van der Waals surface area contributed by atoms with Gasteiger partial charge in [0.15, 0.2) is 0 Å². The van der Waals surface area contributed by atoms with Crippen LogP contribution in [-0.4, -0.2) is 13.1 Å². The average Bonchev–Trinajstić information content (AvgIpc) is 2.93. The number of nitrogens with two attached hydrogens (primary N) is 1. The predicted molar refractivity (Wildman–Crippen MR) is 90.9 cm³/mol. The van der Waals surface area contributed by atoms with Crippen LogP contribution in [0.25, 0.3) is 0 Å². The second kappa shape index (κ2) is 6.06. The number of para-hydroxylation sites is 1. The molecule has 2 N–H and O–H groups in total. The molecule has 0 saturated heterocycles. The van der Waals surface area contributed by atoms with Crippen molar-refractivity contribution < 1.29 is 0 Å². The Morgan fingerprint density at radius 3 is 2.90 bits per heavy atom. The summed E-state index contributed by atoms with van der Waals surface area (Å²) < 4.78 is 1.82. The molecule has 2 aromatic rings. The van der Waals surface area contributed by atoms with Gasteiger partial charge in [0.05, 0.1) is 6.54 Å². The Morgan fingerprint density at radius 1 is 1.40 bits per heavy atom. The van der Waals surface area contributed by atoms with Crippen molar-refractivity contribution in [2.24, 2.45) is 5.73 Å². The van der Waals surface area contributed by atoms with E-state index in [-0.39, 0.29) is 0 Å². The van der Waals surface area contributed by atoms with Gasteiger partial charge in [-0.05, 0) is 46.6 Å². The molecule has 0 radical (unpaired) electrons. The lowest BCUT2D eigenvalue weighted by molar-refractivity contribution is 0.645. The van der Waals surface area contributed by atoms with Gasteiger partial charge in [0.25, 0.3) is 0 Å². The van der Waals surface area contributed by atoms with Crippen LogP contribution in [0.3, 0.4) is 0 Å². The zero-order chi connectivity index (χ0) is 14.1. The summed E-state index contributed by atoms with van der Waals surface area (Å²) in [5.74, 6) is 0.551. The lowest BCUT2D eigenvalue weighted by atomic mass is 9.98. The van der Waals surface area contributed by atoms with Gasteiger partial charge >= 0.3 is 0 Å². The molecule has 20 heavy (non-hydrogen) atoms. The van der Waals surface area contributed by atoms with Crippen LogP contribution in [0, 0.1) is 0 Å². The fourth-order valence-corrected chi connectivity index (χ4v) is 4.64. The first-order valence-corrected chi connectivity index (χ1v) is 8.65. The molecule has 5 heteroatoms. The van der Waals surface area contributed by atoms with Crippen LogP contribution in [0.4, 0.5) is 5.69 Å². The zero-order valence-electron chi connectivity index (χ0n) is 11.0. The molecule has 1 aliphatic heterocycles. The van der Waals surface area contributed by atoms with Gasteiger partial charge in [-0.2, -0.15) is 0 Å². The highest BCUT2D eigenvalue weighted by atomic mass is 79.9. The first-order chi connectivity index (χ1) is 9.69. The second-order valence-electron chi connectivity index (χ2n) is 5.05. The lowest BCUT2D eigenvalue weighted by Crippen LogP contribution is -2.21. The van der Waals surface area contributed by atoms with E-state index in [1.165, 1.54) is 16.1 Å². The first-order valence-electron chi connectivity index (χ1n) is 6.66. The molecule has 2 heterocycles. The van der Waals surface area contributed by atoms with Crippen LogP contribution in [0.2, 0.25) is 4.34 Å². The standard InChI is InChI=1S/C15H16BrClN2S/c16-13-7-11(20-15(13)17)9-19-8-10(5-6-18)12-3-1-2-4-14(12)19/h1-4,7,10H,5-6,8-9,18H2. The molecule has 0 aliphatic carbocycles. The molecule has 2 nitrogen and oxygen atoms in total. The van der Waals surface area contributed by atoms with Gasteiger partial charge in [0.1, 0.15) is 4.34 Å². The Bertz CT molecular complexity index is 594. The minimum atomic E-state index is 0.551. The maximum Gasteiger partial charge on any atom is 0.107 e. The Labute approximate surface area is 136 Å². The molecule has 0 amide bonds. The van der Waals surface area contributed by atoms with E-state index in [9.17, 15) is 0 Å². The van der Waals surface area contributed by atoms with Crippen LogP contribution in [-0.2, 0) is 6.54 Å². The summed E-state index contributed by atoms with van der Waals surface area (Å²) in [6.45, 7) is 2.70. The van der Waals surface area contributed by atoms with E-state index in [4.69, 9.17) is 17.3 Å². The molecule has 0 saturated carbocycles. The lowest BCUT2D eigenvalue weighted by Gasteiger charge is -2.19. The third-order valence-corrected chi connectivity index (χ3v) is 6.18. The van der Waals surface area contributed by atoms with E-state index in [0.29, 0.717) is 5.92 Å². The third kappa shape index (κ3) is 2.75. The molecule has 0 fully saturated rings. The van der Waals surface area contributed by atoms with Crippen molar-refractivity contribution in [2.45, 2.75) is 18.9 Å². The van der Waals surface area contributed by atoms with Crippen molar-refractivity contribution in [1.29, 1.82) is 0 Å². The number of anilines is 1. The number of halogens is 2. The van der Waals surface area contributed by atoms with Crippen molar-refractivity contribution >= 4 is 44.6 Å². The van der Waals surface area contributed by atoms with Crippen LogP contribution < -0.4 is 10.6 Å². The molecule has 106 valence electrons. The normalized spacial score (nSPS) is 17.6. The maximum atomic E-state index is 6.13. The monoisotopic (exact) mass is 370 g/mol. The second-order valence-corrected chi connectivity index (χ2v) is 7.64. The molecule has 0 spiro atoms. The van der Waals surface area contributed by atoms with E-state index >= 15 is 0 Å². The van der Waals surface area contributed by atoms with Gasteiger partial charge in [-0.1, -0.05) is 29.8 Å². The van der Waals surface area contributed by atoms with Crippen LogP contribution in [0.1, 0.15) is 22.8 Å². The number of nitrogens with zero attached hydrogens (tertiary/aromatic N) is 1. The van der Waals surface area contributed by atoms with E-state index in [1.54, 1.807) is 11.3 Å². The van der Waals surface area contributed by atoms with Crippen molar-refractivity contribution in [1.82, 2.24) is 0 Å². The molecular formula is C15H16BrClN2S. The highest BCUT2D eigenvalue weighted by Gasteiger charge is 2.27. The number of hydrogen-bond donors (Lipinski definition) is 1.